The third kappa shape index (κ3) is 4.63. The summed E-state index contributed by atoms with van der Waals surface area (Å²) < 4.78 is 5.64. The molecule has 2 aliphatic rings. The van der Waals surface area contributed by atoms with Crippen LogP contribution >= 0.6 is 0 Å². The third-order valence-corrected chi connectivity index (χ3v) is 5.84. The molecule has 4 atom stereocenters. The van der Waals surface area contributed by atoms with E-state index in [1.807, 2.05) is 30.3 Å². The first kappa shape index (κ1) is 22.2. The average molecular weight is 449 g/mol. The van der Waals surface area contributed by atoms with Gasteiger partial charge in [-0.15, -0.1) is 0 Å². The van der Waals surface area contributed by atoms with E-state index in [2.05, 4.69) is 16.2 Å². The molecule has 4 N–H and O–H groups in total. The van der Waals surface area contributed by atoms with Crippen LogP contribution in [0.3, 0.4) is 0 Å². The Labute approximate surface area is 189 Å². The van der Waals surface area contributed by atoms with E-state index in [4.69, 9.17) is 4.74 Å². The smallest absolute Gasteiger partial charge is 0.310 e. The zero-order chi connectivity index (χ0) is 23.6. The Kier molecular flexibility index (Phi) is 5.97. The Hall–Kier alpha value is -3.98. The van der Waals surface area contributed by atoms with Gasteiger partial charge in [0, 0.05) is 11.3 Å². The Bertz CT molecular complexity index is 1110. The summed E-state index contributed by atoms with van der Waals surface area (Å²) in [6, 6.07) is 15.5. The highest BCUT2D eigenvalue weighted by Crippen LogP contribution is 2.46. The van der Waals surface area contributed by atoms with Crippen molar-refractivity contribution >= 4 is 29.4 Å². The number of hydrogen-bond donors (Lipinski definition) is 4. The highest BCUT2D eigenvalue weighted by atomic mass is 16.5. The summed E-state index contributed by atoms with van der Waals surface area (Å²) in [6.45, 7) is 1.64. The fourth-order valence-corrected chi connectivity index (χ4v) is 4.24. The number of nitrogens with one attached hydrogen (secondary N) is 3. The lowest BCUT2D eigenvalue weighted by atomic mass is 9.76. The van der Waals surface area contributed by atoms with E-state index < -0.39 is 41.3 Å². The topological polar surface area (TPSA) is 134 Å². The Morgan fingerprint density at radius 1 is 1.00 bits per heavy atom. The minimum atomic E-state index is -1.13. The number of benzene rings is 2. The lowest BCUT2D eigenvalue weighted by Crippen LogP contribution is -2.52. The second kappa shape index (κ2) is 8.87. The second-order valence-electron chi connectivity index (χ2n) is 8.20. The number of carbonyl (C=O) groups is 4. The molecule has 9 heteroatoms. The van der Waals surface area contributed by atoms with Crippen molar-refractivity contribution in [2.75, 3.05) is 5.32 Å². The average Bonchev–Trinajstić information content (AvgIpc) is 3.32. The second-order valence-corrected chi connectivity index (χ2v) is 8.20. The van der Waals surface area contributed by atoms with Crippen molar-refractivity contribution < 1.29 is 29.0 Å². The molecular formula is C24H23N3O6. The summed E-state index contributed by atoms with van der Waals surface area (Å²) in [7, 11) is 0. The number of hydrazine groups is 1. The zero-order valence-corrected chi connectivity index (χ0v) is 17.8. The normalized spacial score (nSPS) is 24.8. The van der Waals surface area contributed by atoms with Crippen molar-refractivity contribution in [1.82, 2.24) is 10.9 Å². The standard InChI is InChI=1S/C24H23N3O6/c1-24-12-11-17(33-24)19(23(31)32)20(24)22(30)27-26-21(29)15-7-9-16(10-8-15)25-18(28)13-14-5-3-2-4-6-14/h2-12,17,19-20H,13H2,1H3,(H,25,28)(H,26,29)(H,27,30)(H,31,32)/t17-,19+,20-,24+/m1/s1. The fourth-order valence-electron chi connectivity index (χ4n) is 4.24. The van der Waals surface area contributed by atoms with Gasteiger partial charge in [0.05, 0.1) is 24.0 Å². The van der Waals surface area contributed by atoms with Crippen molar-refractivity contribution in [2.45, 2.75) is 25.0 Å². The van der Waals surface area contributed by atoms with Crippen LogP contribution < -0.4 is 16.2 Å². The molecule has 2 aliphatic heterocycles. The van der Waals surface area contributed by atoms with E-state index in [9.17, 15) is 24.3 Å². The SMILES string of the molecule is C[C@@]12C=C[C@@H](O1)[C@H](C(=O)O)[C@@H]2C(=O)NNC(=O)c1ccc(NC(=O)Cc2ccccc2)cc1. The maximum Gasteiger partial charge on any atom is 0.310 e. The summed E-state index contributed by atoms with van der Waals surface area (Å²) in [5.74, 6) is -4.56. The number of rotatable bonds is 6. The van der Waals surface area contributed by atoms with E-state index in [-0.39, 0.29) is 17.9 Å². The van der Waals surface area contributed by atoms with Crippen molar-refractivity contribution in [3.63, 3.8) is 0 Å². The molecule has 4 rings (SSSR count). The third-order valence-electron chi connectivity index (χ3n) is 5.84. The van der Waals surface area contributed by atoms with Gasteiger partial charge in [-0.25, -0.2) is 0 Å². The predicted octanol–water partition coefficient (Wildman–Crippen LogP) is 1.67. The maximum atomic E-state index is 12.7. The highest BCUT2D eigenvalue weighted by molar-refractivity contribution is 5.97. The van der Waals surface area contributed by atoms with E-state index in [1.165, 1.54) is 12.1 Å². The molecule has 3 amide bonds. The Morgan fingerprint density at radius 2 is 1.70 bits per heavy atom. The van der Waals surface area contributed by atoms with Crippen molar-refractivity contribution in [2.24, 2.45) is 11.8 Å². The van der Waals surface area contributed by atoms with Crippen LogP contribution in [0.4, 0.5) is 5.69 Å². The van der Waals surface area contributed by atoms with Crippen molar-refractivity contribution in [3.8, 4) is 0 Å². The van der Waals surface area contributed by atoms with Crippen LogP contribution in [0, 0.1) is 11.8 Å². The molecule has 2 aromatic rings. The van der Waals surface area contributed by atoms with Crippen LogP contribution in [0.25, 0.3) is 0 Å². The molecule has 0 aliphatic carbocycles. The molecule has 0 spiro atoms. The summed E-state index contributed by atoms with van der Waals surface area (Å²) >= 11 is 0. The molecule has 2 aromatic carbocycles. The van der Waals surface area contributed by atoms with Crippen LogP contribution in [-0.4, -0.2) is 40.5 Å². The van der Waals surface area contributed by atoms with Gasteiger partial charge in [-0.1, -0.05) is 42.5 Å². The summed E-state index contributed by atoms with van der Waals surface area (Å²) in [5, 5.41) is 12.2. The van der Waals surface area contributed by atoms with Gasteiger partial charge in [0.15, 0.2) is 0 Å². The largest absolute Gasteiger partial charge is 0.481 e. The Balaban J connectivity index is 1.32. The molecule has 0 saturated carbocycles. The van der Waals surface area contributed by atoms with Crippen LogP contribution in [0.2, 0.25) is 0 Å². The summed E-state index contributed by atoms with van der Waals surface area (Å²) in [6.07, 6.45) is 2.87. The maximum absolute atomic E-state index is 12.7. The quantitative estimate of drug-likeness (QED) is 0.392. The molecule has 0 unspecified atom stereocenters. The van der Waals surface area contributed by atoms with Crippen LogP contribution in [-0.2, 0) is 25.5 Å². The number of ether oxygens (including phenoxy) is 1. The Morgan fingerprint density at radius 3 is 2.36 bits per heavy atom. The molecule has 2 heterocycles. The van der Waals surface area contributed by atoms with Gasteiger partial charge in [0.2, 0.25) is 11.8 Å². The first-order valence-corrected chi connectivity index (χ1v) is 10.4. The van der Waals surface area contributed by atoms with E-state index in [1.54, 1.807) is 31.2 Å². The van der Waals surface area contributed by atoms with Gasteiger partial charge in [0.1, 0.15) is 5.92 Å². The van der Waals surface area contributed by atoms with E-state index >= 15 is 0 Å². The summed E-state index contributed by atoms with van der Waals surface area (Å²) in [5.41, 5.74) is 5.24. The number of aliphatic carboxylic acids is 1. The first-order valence-electron chi connectivity index (χ1n) is 10.4. The molecule has 2 bridgehead atoms. The first-order chi connectivity index (χ1) is 15.8. The number of fused-ring (bicyclic) bond motifs is 2. The van der Waals surface area contributed by atoms with Gasteiger partial charge < -0.3 is 15.2 Å². The van der Waals surface area contributed by atoms with E-state index in [0.29, 0.717) is 5.69 Å². The monoisotopic (exact) mass is 449 g/mol. The van der Waals surface area contributed by atoms with Gasteiger partial charge in [-0.3, -0.25) is 30.0 Å². The molecule has 9 nitrogen and oxygen atoms in total. The van der Waals surface area contributed by atoms with Crippen LogP contribution in [0.5, 0.6) is 0 Å². The molecule has 1 fully saturated rings. The molecule has 170 valence electrons. The van der Waals surface area contributed by atoms with Gasteiger partial charge in [0.25, 0.3) is 5.91 Å². The zero-order valence-electron chi connectivity index (χ0n) is 17.8. The van der Waals surface area contributed by atoms with Crippen molar-refractivity contribution in [1.29, 1.82) is 0 Å². The number of hydrogen-bond acceptors (Lipinski definition) is 5. The molecule has 0 aromatic heterocycles. The number of anilines is 1. The number of carboxylic acids is 1. The molecule has 0 radical (unpaired) electrons. The molecule has 1 saturated heterocycles. The summed E-state index contributed by atoms with van der Waals surface area (Å²) in [4.78, 5) is 48.9. The van der Waals surface area contributed by atoms with Gasteiger partial charge >= 0.3 is 5.97 Å². The number of amides is 3. The number of carboxylic acid groups (broad SMARTS) is 1. The minimum absolute atomic E-state index is 0.186. The fraction of sp³-hybridized carbons (Fsp3) is 0.250. The van der Waals surface area contributed by atoms with Gasteiger partial charge in [-0.2, -0.15) is 0 Å². The lowest BCUT2D eigenvalue weighted by Gasteiger charge is -2.27. The van der Waals surface area contributed by atoms with Gasteiger partial charge in [-0.05, 0) is 36.8 Å². The van der Waals surface area contributed by atoms with E-state index in [0.717, 1.165) is 5.56 Å². The molecular weight excluding hydrogens is 426 g/mol. The van der Waals surface area contributed by atoms with Crippen molar-refractivity contribution in [3.05, 3.63) is 77.9 Å². The number of carbonyl (C=O) groups excluding carboxylic acids is 3. The lowest BCUT2D eigenvalue weighted by molar-refractivity contribution is -0.147. The predicted molar refractivity (Wildman–Crippen MR) is 118 cm³/mol. The minimum Gasteiger partial charge on any atom is -0.481 e. The van der Waals surface area contributed by atoms with Crippen LogP contribution in [0.1, 0.15) is 22.8 Å². The highest BCUT2D eigenvalue weighted by Gasteiger charge is 2.59. The van der Waals surface area contributed by atoms with Crippen LogP contribution in [0.15, 0.2) is 66.7 Å². The molecule has 33 heavy (non-hydrogen) atoms.